The van der Waals surface area contributed by atoms with Crippen LogP contribution < -0.4 is 16.0 Å². The molecule has 3 aromatic rings. The summed E-state index contributed by atoms with van der Waals surface area (Å²) in [6.45, 7) is 9.01. The van der Waals surface area contributed by atoms with Crippen molar-refractivity contribution in [3.63, 3.8) is 0 Å². The van der Waals surface area contributed by atoms with Gasteiger partial charge < -0.3 is 30.5 Å². The Bertz CT molecular complexity index is 1760. The van der Waals surface area contributed by atoms with Crippen molar-refractivity contribution in [3.8, 4) is 0 Å². The van der Waals surface area contributed by atoms with Crippen LogP contribution in [0.3, 0.4) is 0 Å². The van der Waals surface area contributed by atoms with Crippen LogP contribution in [0.15, 0.2) is 60.8 Å². The van der Waals surface area contributed by atoms with Gasteiger partial charge in [-0.25, -0.2) is 9.78 Å². The lowest BCUT2D eigenvalue weighted by Crippen LogP contribution is -2.46. The van der Waals surface area contributed by atoms with E-state index >= 15 is 0 Å². The van der Waals surface area contributed by atoms with Crippen molar-refractivity contribution in [1.29, 1.82) is 0 Å². The predicted octanol–water partition coefficient (Wildman–Crippen LogP) is 4.40. The normalized spacial score (nSPS) is 21.0. The highest BCUT2D eigenvalue weighted by atomic mass is 16.6. The fraction of sp³-hybridized carbons (Fsp3) is 0.432. The smallest absolute Gasteiger partial charge is 0.410 e. The molecule has 2 aliphatic heterocycles. The Hall–Kier alpha value is -4.77. The fourth-order valence-corrected chi connectivity index (χ4v) is 7.03. The quantitative estimate of drug-likeness (QED) is 0.329. The monoisotopic (exact) mass is 652 g/mol. The van der Waals surface area contributed by atoms with E-state index in [2.05, 4.69) is 20.9 Å². The molecule has 3 heterocycles. The van der Waals surface area contributed by atoms with Gasteiger partial charge in [-0.3, -0.25) is 14.4 Å². The number of hydrogen-bond donors (Lipinski definition) is 3. The van der Waals surface area contributed by atoms with Crippen molar-refractivity contribution < 1.29 is 23.9 Å². The second-order valence-corrected chi connectivity index (χ2v) is 14.6. The molecule has 48 heavy (non-hydrogen) atoms. The summed E-state index contributed by atoms with van der Waals surface area (Å²) in [5.41, 5.74) is 3.31. The van der Waals surface area contributed by atoms with E-state index in [0.717, 1.165) is 34.4 Å². The zero-order chi connectivity index (χ0) is 34.3. The number of fused-ring (bicyclic) bond motifs is 3. The van der Waals surface area contributed by atoms with Gasteiger partial charge in [0.2, 0.25) is 17.7 Å². The second-order valence-electron chi connectivity index (χ2n) is 14.6. The van der Waals surface area contributed by atoms with Gasteiger partial charge in [-0.15, -0.1) is 0 Å². The maximum absolute atomic E-state index is 14.1. The minimum atomic E-state index is -0.701. The summed E-state index contributed by atoms with van der Waals surface area (Å²) in [6.07, 6.45) is 2.99. The Labute approximate surface area is 281 Å². The summed E-state index contributed by atoms with van der Waals surface area (Å²) in [6, 6.07) is 17.2. The molecule has 252 valence electrons. The maximum atomic E-state index is 14.1. The lowest BCUT2D eigenvalue weighted by molar-refractivity contribution is -0.143. The van der Waals surface area contributed by atoms with E-state index in [4.69, 9.17) is 4.74 Å². The highest BCUT2D eigenvalue weighted by molar-refractivity contribution is 6.06. The standard InChI is InChI=1S/C37H44N6O5/c1-35(2,3)48-34(47)42(5)20-25-9-6-7-10-26(25)21-43(33(46)36(4)14-16-38-23-36)22-30(44)40-28-13-12-24-18-37(19-27(24)17-28)29-11-8-15-39-31(29)41-32(37)45/h6-13,15,17,38H,14,16,18-23H2,1-5H3,(H,40,44)(H,39,41,45)/t36?,37-/m1/s1. The van der Waals surface area contributed by atoms with E-state index in [9.17, 15) is 19.2 Å². The van der Waals surface area contributed by atoms with Crippen LogP contribution in [0.5, 0.6) is 0 Å². The Morgan fingerprint density at radius 3 is 2.44 bits per heavy atom. The number of amides is 4. The summed E-state index contributed by atoms with van der Waals surface area (Å²) in [4.78, 5) is 61.0. The van der Waals surface area contributed by atoms with Gasteiger partial charge in [0.15, 0.2) is 0 Å². The largest absolute Gasteiger partial charge is 0.444 e. The van der Waals surface area contributed by atoms with Crippen LogP contribution >= 0.6 is 0 Å². The first-order chi connectivity index (χ1) is 22.8. The average molecular weight is 653 g/mol. The molecule has 4 amide bonds. The molecule has 3 aliphatic rings. The number of hydrogen-bond acceptors (Lipinski definition) is 7. The highest BCUT2D eigenvalue weighted by Gasteiger charge is 2.51. The third kappa shape index (κ3) is 6.64. The van der Waals surface area contributed by atoms with Crippen molar-refractivity contribution in [2.75, 3.05) is 37.3 Å². The van der Waals surface area contributed by atoms with E-state index in [0.29, 0.717) is 37.3 Å². The zero-order valence-corrected chi connectivity index (χ0v) is 28.3. The van der Waals surface area contributed by atoms with E-state index in [1.54, 1.807) is 18.1 Å². The molecule has 1 saturated heterocycles. The molecule has 1 spiro atoms. The number of benzene rings is 2. The minimum absolute atomic E-state index is 0.0559. The first-order valence-corrected chi connectivity index (χ1v) is 16.5. The molecule has 1 unspecified atom stereocenters. The van der Waals surface area contributed by atoms with Crippen molar-refractivity contribution in [1.82, 2.24) is 20.1 Å². The lowest BCUT2D eigenvalue weighted by atomic mass is 9.79. The third-order valence-corrected chi connectivity index (χ3v) is 9.56. The van der Waals surface area contributed by atoms with Crippen LogP contribution in [-0.2, 0) is 50.5 Å². The number of aromatic nitrogens is 1. The molecule has 6 rings (SSSR count). The van der Waals surface area contributed by atoms with Gasteiger partial charge in [-0.05, 0) is 94.0 Å². The molecule has 0 saturated carbocycles. The van der Waals surface area contributed by atoms with Gasteiger partial charge in [-0.2, -0.15) is 0 Å². The molecular weight excluding hydrogens is 608 g/mol. The molecule has 1 aliphatic carbocycles. The summed E-state index contributed by atoms with van der Waals surface area (Å²) in [7, 11) is 1.68. The fourth-order valence-electron chi connectivity index (χ4n) is 7.03. The minimum Gasteiger partial charge on any atom is -0.444 e. The van der Waals surface area contributed by atoms with E-state index in [1.165, 1.54) is 4.90 Å². The van der Waals surface area contributed by atoms with E-state index in [1.807, 2.05) is 82.3 Å². The molecule has 11 heteroatoms. The topological polar surface area (TPSA) is 133 Å². The van der Waals surface area contributed by atoms with Gasteiger partial charge in [0.1, 0.15) is 18.0 Å². The lowest BCUT2D eigenvalue weighted by Gasteiger charge is -2.32. The molecule has 11 nitrogen and oxygen atoms in total. The van der Waals surface area contributed by atoms with Crippen LogP contribution in [-0.4, -0.2) is 70.9 Å². The predicted molar refractivity (Wildman–Crippen MR) is 182 cm³/mol. The highest BCUT2D eigenvalue weighted by Crippen LogP contribution is 2.47. The summed E-state index contributed by atoms with van der Waals surface area (Å²) >= 11 is 0. The van der Waals surface area contributed by atoms with Crippen LogP contribution in [0, 0.1) is 5.41 Å². The molecule has 0 bridgehead atoms. The number of carbonyl (C=O) groups excluding carboxylic acids is 4. The van der Waals surface area contributed by atoms with Gasteiger partial charge in [0.05, 0.1) is 10.8 Å². The Morgan fingerprint density at radius 2 is 1.73 bits per heavy atom. The molecule has 1 fully saturated rings. The molecule has 1 aromatic heterocycles. The first kappa shape index (κ1) is 33.1. The molecule has 0 radical (unpaired) electrons. The number of pyridine rings is 1. The summed E-state index contributed by atoms with van der Waals surface area (Å²) < 4.78 is 5.54. The number of anilines is 2. The summed E-state index contributed by atoms with van der Waals surface area (Å²) in [5, 5.41) is 9.23. The van der Waals surface area contributed by atoms with Crippen molar-refractivity contribution in [3.05, 3.63) is 88.6 Å². The Kier molecular flexibility index (Phi) is 8.76. The van der Waals surface area contributed by atoms with Crippen molar-refractivity contribution in [2.24, 2.45) is 5.41 Å². The van der Waals surface area contributed by atoms with Gasteiger partial charge in [0, 0.05) is 44.1 Å². The van der Waals surface area contributed by atoms with E-state index in [-0.39, 0.29) is 37.4 Å². The molecule has 2 atom stereocenters. The summed E-state index contributed by atoms with van der Waals surface area (Å²) in [5.74, 6) is 0.132. The van der Waals surface area contributed by atoms with Crippen molar-refractivity contribution >= 4 is 35.3 Å². The molecule has 2 aromatic carbocycles. The van der Waals surface area contributed by atoms with Gasteiger partial charge >= 0.3 is 6.09 Å². The van der Waals surface area contributed by atoms with Gasteiger partial charge in [0.25, 0.3) is 0 Å². The van der Waals surface area contributed by atoms with Crippen molar-refractivity contribution in [2.45, 2.75) is 71.1 Å². The third-order valence-electron chi connectivity index (χ3n) is 9.56. The van der Waals surface area contributed by atoms with Crippen LogP contribution in [0.1, 0.15) is 61.9 Å². The SMILES string of the molecule is CN(Cc1ccccc1CN(CC(=O)Nc1ccc2c(c1)C[C@@]1(C2)C(=O)Nc2ncccc21)C(=O)C1(C)CCNC1)C(=O)OC(C)(C)C. The van der Waals surface area contributed by atoms with Crippen LogP contribution in [0.25, 0.3) is 0 Å². The molecular formula is C37H44N6O5. The van der Waals surface area contributed by atoms with E-state index < -0.39 is 22.5 Å². The second kappa shape index (κ2) is 12.7. The van der Waals surface area contributed by atoms with Crippen LogP contribution in [0.2, 0.25) is 0 Å². The van der Waals surface area contributed by atoms with Gasteiger partial charge in [-0.1, -0.05) is 36.4 Å². The number of ether oxygens (including phenoxy) is 1. The Balaban J connectivity index is 1.19. The maximum Gasteiger partial charge on any atom is 0.410 e. The number of nitrogens with one attached hydrogen (secondary N) is 3. The average Bonchev–Trinajstić information content (AvgIpc) is 3.72. The zero-order valence-electron chi connectivity index (χ0n) is 28.3. The number of carbonyl (C=O) groups is 4. The molecule has 3 N–H and O–H groups in total. The number of nitrogens with zero attached hydrogens (tertiary/aromatic N) is 3. The van der Waals surface area contributed by atoms with Crippen LogP contribution in [0.4, 0.5) is 16.3 Å². The number of rotatable bonds is 8. The Morgan fingerprint density at radius 1 is 1.00 bits per heavy atom. The first-order valence-electron chi connectivity index (χ1n) is 16.5.